The molecule has 2 aromatic carbocycles. The molecule has 1 amide bonds. The molecule has 0 radical (unpaired) electrons. The van der Waals surface area contributed by atoms with Crippen LogP contribution in [0.15, 0.2) is 48.7 Å². The number of primary amides is 1. The molecule has 0 aliphatic heterocycles. The van der Waals surface area contributed by atoms with Crippen LogP contribution in [0.25, 0.3) is 16.9 Å². The number of para-hydroxylation sites is 1. The number of benzene rings is 2. The zero-order valence-electron chi connectivity index (χ0n) is 21.4. The topological polar surface area (TPSA) is 100 Å². The first kappa shape index (κ1) is 26.0. The molecule has 0 unspecified atom stereocenters. The van der Waals surface area contributed by atoms with Crippen LogP contribution in [-0.2, 0) is 16.0 Å². The number of aryl methyl sites for hydroxylation is 3. The smallest absolute Gasteiger partial charge is 0.255 e. The fourth-order valence-corrected chi connectivity index (χ4v) is 4.22. The molecule has 2 heterocycles. The lowest BCUT2D eigenvalue weighted by molar-refractivity contribution is -0.119. The number of ether oxygens (including phenoxy) is 3. The quantitative estimate of drug-likeness (QED) is 0.279. The second-order valence-electron chi connectivity index (χ2n) is 8.68. The SMILES string of the molecule is CCc1cc(OCCOC)cc(OCC(N)=O)c1-c1nc2ccc(F)cn2c1Nc1c(C)cccc1C. The molecule has 0 saturated carbocycles. The molecular formula is C28H31FN4O4. The summed E-state index contributed by atoms with van der Waals surface area (Å²) in [5, 5.41) is 3.50. The van der Waals surface area contributed by atoms with E-state index in [9.17, 15) is 9.18 Å². The van der Waals surface area contributed by atoms with Crippen LogP contribution in [0.2, 0.25) is 0 Å². The third-order valence-electron chi connectivity index (χ3n) is 6.01. The van der Waals surface area contributed by atoms with E-state index in [1.165, 1.54) is 12.3 Å². The average Bonchev–Trinajstić information content (AvgIpc) is 3.21. The normalized spacial score (nSPS) is 11.1. The highest BCUT2D eigenvalue weighted by Gasteiger charge is 2.23. The van der Waals surface area contributed by atoms with Gasteiger partial charge in [-0.1, -0.05) is 25.1 Å². The molecule has 4 rings (SSSR count). The lowest BCUT2D eigenvalue weighted by atomic mass is 10.00. The number of carbonyl (C=O) groups is 1. The summed E-state index contributed by atoms with van der Waals surface area (Å²) < 4.78 is 32.9. The Morgan fingerprint density at radius 3 is 2.54 bits per heavy atom. The summed E-state index contributed by atoms with van der Waals surface area (Å²) >= 11 is 0. The standard InChI is InChI=1S/C28H31FN4O4/c1-5-19-13-21(36-12-11-35-4)14-22(37-16-23(30)34)25(19)27-28(32-26-17(2)7-6-8-18(26)3)33-15-20(29)9-10-24(33)31-27/h6-10,13-15,32H,5,11-12,16H2,1-4H3,(H2,30,34). The van der Waals surface area contributed by atoms with Crippen molar-refractivity contribution in [3.8, 4) is 22.8 Å². The zero-order chi connectivity index (χ0) is 26.5. The van der Waals surface area contributed by atoms with Gasteiger partial charge < -0.3 is 25.3 Å². The van der Waals surface area contributed by atoms with Crippen LogP contribution in [0, 0.1) is 19.7 Å². The van der Waals surface area contributed by atoms with Gasteiger partial charge in [-0.15, -0.1) is 0 Å². The number of fused-ring (bicyclic) bond motifs is 1. The molecule has 0 spiro atoms. The Labute approximate surface area is 215 Å². The van der Waals surface area contributed by atoms with E-state index >= 15 is 0 Å². The van der Waals surface area contributed by atoms with Gasteiger partial charge in [0.1, 0.15) is 41.1 Å². The van der Waals surface area contributed by atoms with E-state index < -0.39 is 11.7 Å². The lowest BCUT2D eigenvalue weighted by Gasteiger charge is -2.18. The van der Waals surface area contributed by atoms with Gasteiger partial charge in [-0.3, -0.25) is 9.20 Å². The number of halogens is 1. The number of nitrogens with zero attached hydrogens (tertiary/aromatic N) is 2. The Balaban J connectivity index is 1.95. The van der Waals surface area contributed by atoms with E-state index in [-0.39, 0.29) is 6.61 Å². The third kappa shape index (κ3) is 5.67. The largest absolute Gasteiger partial charge is 0.491 e. The Bertz CT molecular complexity index is 1410. The predicted molar refractivity (Wildman–Crippen MR) is 141 cm³/mol. The maximum absolute atomic E-state index is 14.4. The van der Waals surface area contributed by atoms with Crippen LogP contribution in [0.4, 0.5) is 15.9 Å². The summed E-state index contributed by atoms with van der Waals surface area (Å²) in [4.78, 5) is 16.5. The monoisotopic (exact) mass is 506 g/mol. The number of methoxy groups -OCH3 is 1. The van der Waals surface area contributed by atoms with E-state index in [1.807, 2.05) is 45.0 Å². The summed E-state index contributed by atoms with van der Waals surface area (Å²) in [5.74, 6) is 0.512. The molecular weight excluding hydrogens is 475 g/mol. The predicted octanol–water partition coefficient (Wildman–Crippen LogP) is 4.95. The number of nitrogens with one attached hydrogen (secondary N) is 1. The third-order valence-corrected chi connectivity index (χ3v) is 6.01. The minimum absolute atomic E-state index is 0.320. The first-order chi connectivity index (χ1) is 17.8. The van der Waals surface area contributed by atoms with E-state index in [2.05, 4.69) is 5.32 Å². The summed E-state index contributed by atoms with van der Waals surface area (Å²) in [6, 6.07) is 12.6. The number of hydrogen-bond acceptors (Lipinski definition) is 6. The Morgan fingerprint density at radius 2 is 1.86 bits per heavy atom. The van der Waals surface area contributed by atoms with E-state index in [4.69, 9.17) is 24.9 Å². The first-order valence-electron chi connectivity index (χ1n) is 12.0. The number of rotatable bonds is 11. The average molecular weight is 507 g/mol. The van der Waals surface area contributed by atoms with Crippen LogP contribution in [0.5, 0.6) is 11.5 Å². The number of carbonyl (C=O) groups excluding carboxylic acids is 1. The molecule has 0 saturated heterocycles. The van der Waals surface area contributed by atoms with Gasteiger partial charge >= 0.3 is 0 Å². The van der Waals surface area contributed by atoms with Gasteiger partial charge in [0.2, 0.25) is 0 Å². The van der Waals surface area contributed by atoms with E-state index in [1.54, 1.807) is 23.6 Å². The molecule has 0 fully saturated rings. The van der Waals surface area contributed by atoms with Crippen LogP contribution >= 0.6 is 0 Å². The van der Waals surface area contributed by atoms with Gasteiger partial charge in [0.15, 0.2) is 6.61 Å². The molecule has 194 valence electrons. The number of aromatic nitrogens is 2. The Hall–Kier alpha value is -4.11. The van der Waals surface area contributed by atoms with Gasteiger partial charge in [-0.25, -0.2) is 9.37 Å². The number of amides is 1. The lowest BCUT2D eigenvalue weighted by Crippen LogP contribution is -2.20. The minimum Gasteiger partial charge on any atom is -0.491 e. The second kappa shape index (κ2) is 11.3. The zero-order valence-corrected chi connectivity index (χ0v) is 21.4. The molecule has 0 bridgehead atoms. The van der Waals surface area contributed by atoms with Crippen LogP contribution < -0.4 is 20.5 Å². The van der Waals surface area contributed by atoms with Crippen molar-refractivity contribution in [3.05, 3.63) is 71.2 Å². The number of hydrogen-bond donors (Lipinski definition) is 2. The Kier molecular flexibility index (Phi) is 7.93. The molecule has 4 aromatic rings. The molecule has 0 aliphatic rings. The van der Waals surface area contributed by atoms with Crippen LogP contribution in [-0.4, -0.2) is 42.2 Å². The van der Waals surface area contributed by atoms with E-state index in [0.29, 0.717) is 53.9 Å². The Morgan fingerprint density at radius 1 is 1.11 bits per heavy atom. The summed E-state index contributed by atoms with van der Waals surface area (Å²) in [6.45, 7) is 6.46. The molecule has 0 atom stereocenters. The van der Waals surface area contributed by atoms with Crippen molar-refractivity contribution in [3.63, 3.8) is 0 Å². The van der Waals surface area contributed by atoms with Gasteiger partial charge in [0, 0.05) is 30.6 Å². The van der Waals surface area contributed by atoms with Crippen molar-refractivity contribution in [1.29, 1.82) is 0 Å². The highest BCUT2D eigenvalue weighted by atomic mass is 19.1. The van der Waals surface area contributed by atoms with Gasteiger partial charge in [-0.2, -0.15) is 0 Å². The van der Waals surface area contributed by atoms with E-state index in [0.717, 1.165) is 22.4 Å². The van der Waals surface area contributed by atoms with Crippen molar-refractivity contribution in [2.75, 3.05) is 32.2 Å². The van der Waals surface area contributed by atoms with Crippen molar-refractivity contribution >= 4 is 23.1 Å². The molecule has 8 nitrogen and oxygen atoms in total. The van der Waals surface area contributed by atoms with Gasteiger partial charge in [-0.05, 0) is 55.2 Å². The van der Waals surface area contributed by atoms with Crippen LogP contribution in [0.1, 0.15) is 23.6 Å². The summed E-state index contributed by atoms with van der Waals surface area (Å²) in [5.41, 5.74) is 11.0. The highest BCUT2D eigenvalue weighted by Crippen LogP contribution is 2.42. The van der Waals surface area contributed by atoms with Crippen molar-refractivity contribution < 1.29 is 23.4 Å². The molecule has 2 aromatic heterocycles. The number of anilines is 2. The maximum atomic E-state index is 14.4. The number of nitrogens with two attached hydrogens (primary N) is 1. The number of pyridine rings is 1. The van der Waals surface area contributed by atoms with Crippen molar-refractivity contribution in [2.45, 2.75) is 27.2 Å². The molecule has 3 N–H and O–H groups in total. The fraction of sp³-hybridized carbons (Fsp3) is 0.286. The second-order valence-corrected chi connectivity index (χ2v) is 8.68. The van der Waals surface area contributed by atoms with Crippen molar-refractivity contribution in [2.24, 2.45) is 5.73 Å². The summed E-state index contributed by atoms with van der Waals surface area (Å²) in [6.07, 6.45) is 2.01. The molecule has 37 heavy (non-hydrogen) atoms. The highest BCUT2D eigenvalue weighted by molar-refractivity contribution is 5.86. The maximum Gasteiger partial charge on any atom is 0.255 e. The molecule has 0 aliphatic carbocycles. The summed E-state index contributed by atoms with van der Waals surface area (Å²) in [7, 11) is 1.60. The van der Waals surface area contributed by atoms with Crippen molar-refractivity contribution in [1.82, 2.24) is 9.38 Å². The van der Waals surface area contributed by atoms with Crippen LogP contribution in [0.3, 0.4) is 0 Å². The van der Waals surface area contributed by atoms with Gasteiger partial charge in [0.25, 0.3) is 5.91 Å². The van der Waals surface area contributed by atoms with Gasteiger partial charge in [0.05, 0.1) is 6.61 Å². The first-order valence-corrected chi connectivity index (χ1v) is 12.0. The molecule has 9 heteroatoms. The minimum atomic E-state index is -0.611. The number of imidazole rings is 1. The fourth-order valence-electron chi connectivity index (χ4n) is 4.22.